The Morgan fingerprint density at radius 1 is 1.45 bits per heavy atom. The van der Waals surface area contributed by atoms with Crippen LogP contribution in [0.1, 0.15) is 37.6 Å². The Kier molecular flexibility index (Phi) is 4.65. The summed E-state index contributed by atoms with van der Waals surface area (Å²) in [5.41, 5.74) is 0. The van der Waals surface area contributed by atoms with Gasteiger partial charge in [-0.2, -0.15) is 4.98 Å². The van der Waals surface area contributed by atoms with Gasteiger partial charge in [0.15, 0.2) is 0 Å². The fourth-order valence-corrected chi connectivity index (χ4v) is 2.93. The minimum Gasteiger partial charge on any atom is -0.367 e. The van der Waals surface area contributed by atoms with Crippen molar-refractivity contribution >= 4 is 0 Å². The van der Waals surface area contributed by atoms with E-state index < -0.39 is 0 Å². The van der Waals surface area contributed by atoms with Crippen LogP contribution in [0, 0.1) is 5.92 Å². The molecule has 0 aromatic carbocycles. The van der Waals surface area contributed by atoms with Crippen LogP contribution in [0.3, 0.4) is 0 Å². The molecule has 112 valence electrons. The number of aryl methyl sites for hydroxylation is 1. The summed E-state index contributed by atoms with van der Waals surface area (Å²) in [6, 6.07) is 0. The molecule has 0 spiro atoms. The standard InChI is InChI=1S/C14H24N4O2/c1-2-18-7-8-19-12(10-18)14-16-13(20-17-14)4-3-11-5-6-15-9-11/h11-12,15H,2-10H2,1H3. The molecule has 2 atom stereocenters. The molecular formula is C14H24N4O2. The summed E-state index contributed by atoms with van der Waals surface area (Å²) in [5, 5.41) is 7.49. The molecule has 0 saturated carbocycles. The van der Waals surface area contributed by atoms with Crippen molar-refractivity contribution in [2.45, 2.75) is 32.3 Å². The first-order chi connectivity index (χ1) is 9.85. The first kappa shape index (κ1) is 14.0. The molecule has 0 amide bonds. The van der Waals surface area contributed by atoms with Crippen molar-refractivity contribution in [3.8, 4) is 0 Å². The van der Waals surface area contributed by atoms with Gasteiger partial charge in [-0.05, 0) is 38.4 Å². The molecule has 1 aromatic heterocycles. The van der Waals surface area contributed by atoms with Crippen LogP contribution in [0.25, 0.3) is 0 Å². The van der Waals surface area contributed by atoms with E-state index in [9.17, 15) is 0 Å². The SMILES string of the molecule is CCN1CCOC(c2noc(CCC3CCNC3)n2)C1. The van der Waals surface area contributed by atoms with E-state index in [1.165, 1.54) is 6.42 Å². The molecule has 2 fully saturated rings. The fourth-order valence-electron chi connectivity index (χ4n) is 2.93. The molecule has 1 aromatic rings. The van der Waals surface area contributed by atoms with Gasteiger partial charge < -0.3 is 14.6 Å². The molecule has 6 nitrogen and oxygen atoms in total. The molecule has 0 radical (unpaired) electrons. The van der Waals surface area contributed by atoms with E-state index in [2.05, 4.69) is 27.3 Å². The van der Waals surface area contributed by atoms with Crippen LogP contribution < -0.4 is 5.32 Å². The average molecular weight is 280 g/mol. The lowest BCUT2D eigenvalue weighted by molar-refractivity contribution is -0.0334. The van der Waals surface area contributed by atoms with Crippen molar-refractivity contribution in [2.75, 3.05) is 39.3 Å². The van der Waals surface area contributed by atoms with Gasteiger partial charge in [-0.1, -0.05) is 12.1 Å². The monoisotopic (exact) mass is 280 g/mol. The second kappa shape index (κ2) is 6.65. The van der Waals surface area contributed by atoms with Gasteiger partial charge in [0, 0.05) is 19.5 Å². The first-order valence-electron chi connectivity index (χ1n) is 7.72. The maximum atomic E-state index is 5.75. The third kappa shape index (κ3) is 3.37. The fraction of sp³-hybridized carbons (Fsp3) is 0.857. The lowest BCUT2D eigenvalue weighted by Crippen LogP contribution is -2.38. The van der Waals surface area contributed by atoms with Gasteiger partial charge in [0.05, 0.1) is 6.61 Å². The quantitative estimate of drug-likeness (QED) is 0.868. The van der Waals surface area contributed by atoms with Gasteiger partial charge >= 0.3 is 0 Å². The van der Waals surface area contributed by atoms with Crippen molar-refractivity contribution in [3.63, 3.8) is 0 Å². The highest BCUT2D eigenvalue weighted by Crippen LogP contribution is 2.21. The highest BCUT2D eigenvalue weighted by atomic mass is 16.5. The zero-order chi connectivity index (χ0) is 13.8. The number of hydrogen-bond acceptors (Lipinski definition) is 6. The number of hydrogen-bond donors (Lipinski definition) is 1. The van der Waals surface area contributed by atoms with E-state index in [1.54, 1.807) is 0 Å². The summed E-state index contributed by atoms with van der Waals surface area (Å²) < 4.78 is 11.1. The summed E-state index contributed by atoms with van der Waals surface area (Å²) in [7, 11) is 0. The highest BCUT2D eigenvalue weighted by molar-refractivity contribution is 4.94. The van der Waals surface area contributed by atoms with Crippen LogP contribution in [0.2, 0.25) is 0 Å². The summed E-state index contributed by atoms with van der Waals surface area (Å²) in [6.07, 6.45) is 3.23. The topological polar surface area (TPSA) is 63.4 Å². The molecule has 20 heavy (non-hydrogen) atoms. The van der Waals surface area contributed by atoms with Crippen molar-refractivity contribution in [1.82, 2.24) is 20.4 Å². The Balaban J connectivity index is 1.53. The van der Waals surface area contributed by atoms with E-state index in [4.69, 9.17) is 9.26 Å². The molecule has 1 N–H and O–H groups in total. The Labute approximate surface area is 119 Å². The predicted octanol–water partition coefficient (Wildman–Crippen LogP) is 1.00. The number of likely N-dealkylation sites (N-methyl/N-ethyl adjacent to an activating group) is 1. The maximum Gasteiger partial charge on any atom is 0.226 e. The molecule has 0 aliphatic carbocycles. The first-order valence-corrected chi connectivity index (χ1v) is 7.72. The van der Waals surface area contributed by atoms with E-state index in [-0.39, 0.29) is 6.10 Å². The molecule has 2 aliphatic rings. The van der Waals surface area contributed by atoms with Gasteiger partial charge in [-0.15, -0.1) is 0 Å². The van der Waals surface area contributed by atoms with E-state index >= 15 is 0 Å². The van der Waals surface area contributed by atoms with E-state index in [0.29, 0.717) is 5.82 Å². The number of ether oxygens (including phenoxy) is 1. The molecule has 3 heterocycles. The van der Waals surface area contributed by atoms with Crippen molar-refractivity contribution in [2.24, 2.45) is 5.92 Å². The van der Waals surface area contributed by atoms with Crippen molar-refractivity contribution in [3.05, 3.63) is 11.7 Å². The van der Waals surface area contributed by atoms with Gasteiger partial charge in [-0.3, -0.25) is 4.90 Å². The smallest absolute Gasteiger partial charge is 0.226 e. The summed E-state index contributed by atoms with van der Waals surface area (Å²) in [5.74, 6) is 2.22. The second-order valence-corrected chi connectivity index (χ2v) is 5.70. The average Bonchev–Trinajstić information content (AvgIpc) is 3.16. The van der Waals surface area contributed by atoms with Gasteiger partial charge in [0.25, 0.3) is 0 Å². The molecule has 2 aliphatic heterocycles. The zero-order valence-electron chi connectivity index (χ0n) is 12.2. The van der Waals surface area contributed by atoms with E-state index in [0.717, 1.165) is 64.0 Å². The van der Waals surface area contributed by atoms with E-state index in [1.807, 2.05) is 0 Å². The molecule has 2 saturated heterocycles. The minimum absolute atomic E-state index is 0.0330. The molecular weight excluding hydrogens is 256 g/mol. The Morgan fingerprint density at radius 2 is 2.40 bits per heavy atom. The predicted molar refractivity (Wildman–Crippen MR) is 74.4 cm³/mol. The summed E-state index contributed by atoms with van der Waals surface area (Å²) in [4.78, 5) is 6.87. The van der Waals surface area contributed by atoms with Crippen LogP contribution in [0.5, 0.6) is 0 Å². The summed E-state index contributed by atoms with van der Waals surface area (Å²) >= 11 is 0. The molecule has 6 heteroatoms. The van der Waals surface area contributed by atoms with Crippen LogP contribution in [-0.2, 0) is 11.2 Å². The lowest BCUT2D eigenvalue weighted by atomic mass is 10.0. The Morgan fingerprint density at radius 3 is 3.20 bits per heavy atom. The number of nitrogens with one attached hydrogen (secondary N) is 1. The van der Waals surface area contributed by atoms with Crippen LogP contribution in [-0.4, -0.2) is 54.4 Å². The van der Waals surface area contributed by atoms with Crippen LogP contribution in [0.15, 0.2) is 4.52 Å². The molecule has 2 unspecified atom stereocenters. The molecule has 0 bridgehead atoms. The van der Waals surface area contributed by atoms with Gasteiger partial charge in [0.2, 0.25) is 11.7 Å². The largest absolute Gasteiger partial charge is 0.367 e. The van der Waals surface area contributed by atoms with Crippen LogP contribution in [0.4, 0.5) is 0 Å². The van der Waals surface area contributed by atoms with Crippen LogP contribution >= 0.6 is 0 Å². The third-order valence-corrected chi connectivity index (χ3v) is 4.30. The highest BCUT2D eigenvalue weighted by Gasteiger charge is 2.25. The normalized spacial score (nSPS) is 28.1. The zero-order valence-corrected chi connectivity index (χ0v) is 12.2. The Hall–Kier alpha value is -0.980. The number of morpholine rings is 1. The Bertz CT molecular complexity index is 417. The molecule has 3 rings (SSSR count). The number of aromatic nitrogens is 2. The number of nitrogens with zero attached hydrogens (tertiary/aromatic N) is 3. The summed E-state index contributed by atoms with van der Waals surface area (Å²) in [6.45, 7) is 8.07. The third-order valence-electron chi connectivity index (χ3n) is 4.30. The van der Waals surface area contributed by atoms with Crippen molar-refractivity contribution < 1.29 is 9.26 Å². The number of rotatable bonds is 5. The second-order valence-electron chi connectivity index (χ2n) is 5.70. The van der Waals surface area contributed by atoms with Gasteiger partial charge in [-0.25, -0.2) is 0 Å². The lowest BCUT2D eigenvalue weighted by Gasteiger charge is -2.30. The van der Waals surface area contributed by atoms with Gasteiger partial charge in [0.1, 0.15) is 6.10 Å². The van der Waals surface area contributed by atoms with Crippen molar-refractivity contribution in [1.29, 1.82) is 0 Å². The minimum atomic E-state index is -0.0330. The maximum absolute atomic E-state index is 5.75.